The molecule has 26 heavy (non-hydrogen) atoms. The molecule has 3 aliphatic rings. The first-order valence-electron chi connectivity index (χ1n) is 9.65. The summed E-state index contributed by atoms with van der Waals surface area (Å²) in [4.78, 5) is 5.17. The first-order valence-corrected chi connectivity index (χ1v) is 9.65. The fourth-order valence-electron chi connectivity index (χ4n) is 4.49. The molecule has 0 amide bonds. The van der Waals surface area contributed by atoms with Gasteiger partial charge in [-0.1, -0.05) is 18.2 Å². The highest BCUT2D eigenvalue weighted by molar-refractivity contribution is 5.52. The van der Waals surface area contributed by atoms with Crippen molar-refractivity contribution in [1.29, 1.82) is 0 Å². The van der Waals surface area contributed by atoms with E-state index in [4.69, 9.17) is 4.74 Å². The van der Waals surface area contributed by atoms with Gasteiger partial charge < -0.3 is 14.7 Å². The van der Waals surface area contributed by atoms with Crippen LogP contribution in [-0.4, -0.2) is 48.8 Å². The Bertz CT molecular complexity index is 748. The molecule has 2 unspecified atom stereocenters. The van der Waals surface area contributed by atoms with Crippen molar-refractivity contribution in [2.45, 2.75) is 37.8 Å². The second-order valence-corrected chi connectivity index (χ2v) is 7.51. The molecular weight excluding hydrogens is 324 g/mol. The van der Waals surface area contributed by atoms with Crippen molar-refractivity contribution in [2.24, 2.45) is 0 Å². The number of phenolic OH excluding ortho intramolecular Hbond substituents is 1. The van der Waals surface area contributed by atoms with Gasteiger partial charge in [-0.25, -0.2) is 0 Å². The maximum atomic E-state index is 9.78. The van der Waals surface area contributed by atoms with E-state index in [2.05, 4.69) is 34.1 Å². The van der Waals surface area contributed by atoms with E-state index in [9.17, 15) is 5.11 Å². The molecule has 2 aromatic carbocycles. The maximum Gasteiger partial charge on any atom is 0.119 e. The Morgan fingerprint density at radius 2 is 1.88 bits per heavy atom. The summed E-state index contributed by atoms with van der Waals surface area (Å²) >= 11 is 0. The molecule has 0 spiro atoms. The number of fused-ring (bicyclic) bond motifs is 3. The zero-order valence-corrected chi connectivity index (χ0v) is 15.5. The number of methoxy groups -OCH3 is 1. The van der Waals surface area contributed by atoms with E-state index in [0.29, 0.717) is 17.8 Å². The average molecular weight is 352 g/mol. The highest BCUT2D eigenvalue weighted by Gasteiger charge is 2.38. The second-order valence-electron chi connectivity index (χ2n) is 7.51. The zero-order chi connectivity index (χ0) is 17.9. The molecule has 0 aromatic heterocycles. The van der Waals surface area contributed by atoms with Crippen molar-refractivity contribution in [3.63, 3.8) is 0 Å². The van der Waals surface area contributed by atoms with Crippen molar-refractivity contribution in [1.82, 2.24) is 4.90 Å². The van der Waals surface area contributed by atoms with E-state index in [1.54, 1.807) is 13.2 Å². The van der Waals surface area contributed by atoms with Crippen molar-refractivity contribution in [2.75, 3.05) is 31.6 Å². The summed E-state index contributed by atoms with van der Waals surface area (Å²) < 4.78 is 5.32. The van der Waals surface area contributed by atoms with Crippen LogP contribution in [0, 0.1) is 0 Å². The Morgan fingerprint density at radius 3 is 2.65 bits per heavy atom. The summed E-state index contributed by atoms with van der Waals surface area (Å²) in [6.45, 7) is 3.37. The minimum absolute atomic E-state index is 0.360. The monoisotopic (exact) mass is 352 g/mol. The van der Waals surface area contributed by atoms with Gasteiger partial charge in [0.1, 0.15) is 11.5 Å². The summed E-state index contributed by atoms with van der Waals surface area (Å²) in [5, 5.41) is 9.78. The molecule has 2 atom stereocenters. The SMILES string of the molecule is COc1cccc(CCCN2CC3CCC2CN3c2cccc(O)c2)c1. The normalized spacial score (nSPS) is 22.6. The van der Waals surface area contributed by atoms with Crippen LogP contribution in [0.3, 0.4) is 0 Å². The summed E-state index contributed by atoms with van der Waals surface area (Å²) in [7, 11) is 1.72. The first kappa shape index (κ1) is 17.2. The Morgan fingerprint density at radius 1 is 1.04 bits per heavy atom. The van der Waals surface area contributed by atoms with Crippen LogP contribution >= 0.6 is 0 Å². The molecule has 3 saturated heterocycles. The van der Waals surface area contributed by atoms with E-state index in [0.717, 1.165) is 37.5 Å². The van der Waals surface area contributed by atoms with Crippen molar-refractivity contribution < 1.29 is 9.84 Å². The van der Waals surface area contributed by atoms with Crippen LogP contribution < -0.4 is 9.64 Å². The molecule has 3 fully saturated rings. The van der Waals surface area contributed by atoms with Gasteiger partial charge in [0.25, 0.3) is 0 Å². The standard InChI is InChI=1S/C22H28N2O2/c1-26-22-9-2-5-17(13-22)6-4-12-23-15-20-11-10-19(23)16-24(20)18-7-3-8-21(25)14-18/h2-3,5,7-9,13-14,19-20,25H,4,6,10-12,15-16H2,1H3. The van der Waals surface area contributed by atoms with Gasteiger partial charge in [-0.05, 0) is 62.1 Å². The van der Waals surface area contributed by atoms with Crippen LogP contribution in [-0.2, 0) is 6.42 Å². The summed E-state index contributed by atoms with van der Waals surface area (Å²) in [6.07, 6.45) is 4.83. The number of anilines is 1. The average Bonchev–Trinajstić information content (AvgIpc) is 2.69. The predicted molar refractivity (Wildman–Crippen MR) is 105 cm³/mol. The van der Waals surface area contributed by atoms with Crippen LogP contribution in [0.5, 0.6) is 11.5 Å². The molecule has 4 heteroatoms. The number of ether oxygens (including phenoxy) is 1. The van der Waals surface area contributed by atoms with Crippen LogP contribution in [0.25, 0.3) is 0 Å². The lowest BCUT2D eigenvalue weighted by Crippen LogP contribution is -2.62. The molecule has 3 aliphatic heterocycles. The Hall–Kier alpha value is -2.20. The third-order valence-electron chi connectivity index (χ3n) is 5.85. The van der Waals surface area contributed by atoms with E-state index in [-0.39, 0.29) is 0 Å². The highest BCUT2D eigenvalue weighted by Crippen LogP contribution is 2.34. The number of aromatic hydroxyl groups is 1. The van der Waals surface area contributed by atoms with Gasteiger partial charge in [0.2, 0.25) is 0 Å². The van der Waals surface area contributed by atoms with Gasteiger partial charge in [-0.2, -0.15) is 0 Å². The number of nitrogens with zero attached hydrogens (tertiary/aromatic N) is 2. The van der Waals surface area contributed by atoms with E-state index in [1.807, 2.05) is 18.2 Å². The molecule has 4 nitrogen and oxygen atoms in total. The lowest BCUT2D eigenvalue weighted by molar-refractivity contribution is 0.0951. The smallest absolute Gasteiger partial charge is 0.119 e. The van der Waals surface area contributed by atoms with Crippen molar-refractivity contribution in [3.05, 3.63) is 54.1 Å². The van der Waals surface area contributed by atoms with E-state index < -0.39 is 0 Å². The molecule has 2 aromatic rings. The summed E-state index contributed by atoms with van der Waals surface area (Å²) in [5.74, 6) is 1.31. The highest BCUT2D eigenvalue weighted by atomic mass is 16.5. The maximum absolute atomic E-state index is 9.78. The third-order valence-corrected chi connectivity index (χ3v) is 5.85. The largest absolute Gasteiger partial charge is 0.508 e. The van der Waals surface area contributed by atoms with E-state index in [1.165, 1.54) is 24.8 Å². The van der Waals surface area contributed by atoms with Gasteiger partial charge in [-0.15, -0.1) is 0 Å². The Kier molecular flexibility index (Phi) is 5.02. The van der Waals surface area contributed by atoms with Gasteiger partial charge in [0, 0.05) is 36.9 Å². The molecule has 0 saturated carbocycles. The Balaban J connectivity index is 1.33. The lowest BCUT2D eigenvalue weighted by atomic mass is 9.90. The zero-order valence-electron chi connectivity index (χ0n) is 15.5. The molecule has 0 radical (unpaired) electrons. The first-order chi connectivity index (χ1) is 12.7. The van der Waals surface area contributed by atoms with Crippen LogP contribution in [0.15, 0.2) is 48.5 Å². The number of benzene rings is 2. The predicted octanol–water partition coefficient (Wildman–Crippen LogP) is 3.69. The molecular formula is C22H28N2O2. The number of hydrogen-bond acceptors (Lipinski definition) is 4. The molecule has 1 N–H and O–H groups in total. The molecule has 3 heterocycles. The van der Waals surface area contributed by atoms with Crippen LogP contribution in [0.4, 0.5) is 5.69 Å². The van der Waals surface area contributed by atoms with E-state index >= 15 is 0 Å². The fraction of sp³-hybridized carbons (Fsp3) is 0.455. The summed E-state index contributed by atoms with van der Waals surface area (Å²) in [5.41, 5.74) is 2.52. The molecule has 2 bridgehead atoms. The van der Waals surface area contributed by atoms with Crippen molar-refractivity contribution >= 4 is 5.69 Å². The number of phenols is 1. The number of aryl methyl sites for hydroxylation is 1. The van der Waals surface area contributed by atoms with Crippen LogP contribution in [0.2, 0.25) is 0 Å². The molecule has 138 valence electrons. The van der Waals surface area contributed by atoms with Gasteiger partial charge in [0.05, 0.1) is 7.11 Å². The fourth-order valence-corrected chi connectivity index (χ4v) is 4.49. The number of piperazine rings is 1. The topological polar surface area (TPSA) is 35.9 Å². The van der Waals surface area contributed by atoms with Gasteiger partial charge in [-0.3, -0.25) is 4.90 Å². The second kappa shape index (κ2) is 7.58. The van der Waals surface area contributed by atoms with Gasteiger partial charge in [0.15, 0.2) is 0 Å². The number of rotatable bonds is 6. The minimum atomic E-state index is 0.360. The quantitative estimate of drug-likeness (QED) is 0.860. The number of piperidine rings is 2. The summed E-state index contributed by atoms with van der Waals surface area (Å²) in [6, 6.07) is 17.3. The third kappa shape index (κ3) is 3.65. The Labute approximate surface area is 156 Å². The lowest BCUT2D eigenvalue weighted by Gasteiger charge is -2.52. The van der Waals surface area contributed by atoms with Gasteiger partial charge >= 0.3 is 0 Å². The minimum Gasteiger partial charge on any atom is -0.508 e. The molecule has 5 rings (SSSR count). The molecule has 0 aliphatic carbocycles. The van der Waals surface area contributed by atoms with Crippen molar-refractivity contribution in [3.8, 4) is 11.5 Å². The number of hydrogen-bond donors (Lipinski definition) is 1. The van der Waals surface area contributed by atoms with Crippen LogP contribution in [0.1, 0.15) is 24.8 Å².